The van der Waals surface area contributed by atoms with Gasteiger partial charge in [0.25, 0.3) is 0 Å². The van der Waals surface area contributed by atoms with Gasteiger partial charge in [0.2, 0.25) is 0 Å². The van der Waals surface area contributed by atoms with E-state index >= 15 is 0 Å². The van der Waals surface area contributed by atoms with Crippen LogP contribution in [0, 0.1) is 22.0 Å². The van der Waals surface area contributed by atoms with Crippen LogP contribution < -0.4 is 0 Å². The predicted octanol–water partition coefficient (Wildman–Crippen LogP) is 6.04. The van der Waals surface area contributed by atoms with E-state index in [0.717, 1.165) is 36.8 Å². The van der Waals surface area contributed by atoms with Crippen molar-refractivity contribution in [3.8, 4) is 0 Å². The van der Waals surface area contributed by atoms with Crippen LogP contribution in [0.2, 0.25) is 0 Å². The Morgan fingerprint density at radius 1 is 1.31 bits per heavy atom. The number of fused-ring (bicyclic) bond motifs is 1. The molecule has 0 spiro atoms. The van der Waals surface area contributed by atoms with Crippen LogP contribution in [0.1, 0.15) is 73.1 Å². The topological polar surface area (TPSA) is 81.4 Å². The Morgan fingerprint density at radius 3 is 2.66 bits per heavy atom. The van der Waals surface area contributed by atoms with Crippen molar-refractivity contribution in [1.82, 2.24) is 0 Å². The highest BCUT2D eigenvalue weighted by atomic mass is 32.2. The number of rotatable bonds is 4. The number of aliphatic hydroxyl groups is 2. The summed E-state index contributed by atoms with van der Waals surface area (Å²) >= 11 is 0. The lowest BCUT2D eigenvalue weighted by Crippen LogP contribution is -2.32. The molecule has 6 atom stereocenters. The van der Waals surface area contributed by atoms with Crippen LogP contribution in [-0.2, 0) is 9.73 Å². The monoisotopic (exact) mass is 459 g/mol. The SMILES string of the molecule is C=C1/C(=C\C=C2/CCC[C@]3(C)C([C@H](C)/C=C/S(=N)(=O)C(C)(C)C)=CC[C@@H]23)C[C@@H](O)C[C@@H]1O. The molecule has 32 heavy (non-hydrogen) atoms. The molecule has 3 rings (SSSR count). The Morgan fingerprint density at radius 2 is 2.00 bits per heavy atom. The van der Waals surface area contributed by atoms with Gasteiger partial charge >= 0.3 is 0 Å². The molecule has 0 aliphatic heterocycles. The van der Waals surface area contributed by atoms with E-state index in [-0.39, 0.29) is 11.3 Å². The summed E-state index contributed by atoms with van der Waals surface area (Å²) in [6.07, 6.45) is 12.7. The predicted molar refractivity (Wildman–Crippen MR) is 134 cm³/mol. The molecule has 0 heterocycles. The molecule has 0 aromatic rings. The van der Waals surface area contributed by atoms with E-state index in [2.05, 4.69) is 38.7 Å². The first-order chi connectivity index (χ1) is 14.8. The molecule has 0 bridgehead atoms. The van der Waals surface area contributed by atoms with E-state index in [1.807, 2.05) is 26.8 Å². The molecule has 5 heteroatoms. The molecule has 3 N–H and O–H groups in total. The van der Waals surface area contributed by atoms with Crippen molar-refractivity contribution in [1.29, 1.82) is 4.78 Å². The fraction of sp³-hybridized carbons (Fsp3) is 0.630. The number of allylic oxidation sites excluding steroid dienone is 6. The third-order valence-electron chi connectivity index (χ3n) is 7.83. The maximum absolute atomic E-state index is 12.8. The van der Waals surface area contributed by atoms with Gasteiger partial charge in [0.05, 0.1) is 21.9 Å². The summed E-state index contributed by atoms with van der Waals surface area (Å²) in [5.41, 5.74) is 4.57. The summed E-state index contributed by atoms with van der Waals surface area (Å²) in [5.74, 6) is 0.591. The van der Waals surface area contributed by atoms with Gasteiger partial charge in [-0.2, -0.15) is 0 Å². The minimum atomic E-state index is -2.79. The number of nitrogens with one attached hydrogen (secondary N) is 1. The zero-order valence-corrected chi connectivity index (χ0v) is 21.2. The first-order valence-electron chi connectivity index (χ1n) is 11.9. The van der Waals surface area contributed by atoms with Gasteiger partial charge in [0, 0.05) is 16.6 Å². The lowest BCUT2D eigenvalue weighted by atomic mass is 9.62. The summed E-state index contributed by atoms with van der Waals surface area (Å²) in [5, 5.41) is 21.8. The van der Waals surface area contributed by atoms with Gasteiger partial charge in [-0.15, -0.1) is 0 Å². The second-order valence-electron chi connectivity index (χ2n) is 11.1. The minimum Gasteiger partial charge on any atom is -0.393 e. The lowest BCUT2D eigenvalue weighted by molar-refractivity contribution is 0.0862. The zero-order chi connectivity index (χ0) is 23.9. The van der Waals surface area contributed by atoms with Gasteiger partial charge in [-0.05, 0) is 81.3 Å². The van der Waals surface area contributed by atoms with Crippen molar-refractivity contribution in [2.24, 2.45) is 17.3 Å². The maximum Gasteiger partial charge on any atom is 0.0811 e. The lowest BCUT2D eigenvalue weighted by Gasteiger charge is -2.42. The van der Waals surface area contributed by atoms with Crippen molar-refractivity contribution >= 4 is 9.73 Å². The quantitative estimate of drug-likeness (QED) is 0.448. The van der Waals surface area contributed by atoms with Gasteiger partial charge in [-0.1, -0.05) is 55.9 Å². The first-order valence-corrected chi connectivity index (χ1v) is 13.5. The number of hydrogen-bond acceptors (Lipinski definition) is 4. The molecular weight excluding hydrogens is 418 g/mol. The molecule has 0 aromatic carbocycles. The van der Waals surface area contributed by atoms with Crippen LogP contribution >= 0.6 is 0 Å². The summed E-state index contributed by atoms with van der Waals surface area (Å²) in [7, 11) is -2.79. The Kier molecular flexibility index (Phi) is 7.15. The Hall–Kier alpha value is -1.43. The highest BCUT2D eigenvalue weighted by molar-refractivity contribution is 7.96. The number of aliphatic hydroxyl groups excluding tert-OH is 2. The van der Waals surface area contributed by atoms with Crippen molar-refractivity contribution in [3.63, 3.8) is 0 Å². The van der Waals surface area contributed by atoms with Crippen molar-refractivity contribution in [2.45, 2.75) is 90.1 Å². The van der Waals surface area contributed by atoms with Crippen molar-refractivity contribution in [2.75, 3.05) is 0 Å². The third-order valence-corrected chi connectivity index (χ3v) is 10.2. The standard InChI is InChI=1S/C27H41NO3S/c1-18(13-15-32(28,31)26(3,4)5)23-11-12-24-20(8-7-14-27(23,24)6)9-10-21-16-22(29)17-25(30)19(21)2/h9-11,13,15,18,22,24-25,28-30H,2,7-8,12,14,16-17H2,1,3-6H3/b15-13+,20-9+,21-10-/t18-,22-,24+,25+,27-,32?/m1/s1. The fourth-order valence-electron chi connectivity index (χ4n) is 5.56. The van der Waals surface area contributed by atoms with E-state index in [0.29, 0.717) is 18.8 Å². The van der Waals surface area contributed by atoms with E-state index in [1.165, 1.54) is 11.1 Å². The highest BCUT2D eigenvalue weighted by Crippen LogP contribution is 2.56. The Bertz CT molecular complexity index is 977. The van der Waals surface area contributed by atoms with Crippen LogP contribution in [0.4, 0.5) is 0 Å². The van der Waals surface area contributed by atoms with Gasteiger partial charge < -0.3 is 10.2 Å². The molecule has 3 aliphatic rings. The molecule has 0 saturated heterocycles. The second-order valence-corrected chi connectivity index (χ2v) is 13.8. The van der Waals surface area contributed by atoms with Crippen LogP contribution in [0.3, 0.4) is 0 Å². The molecule has 0 radical (unpaired) electrons. The largest absolute Gasteiger partial charge is 0.393 e. The second kappa shape index (κ2) is 9.08. The highest BCUT2D eigenvalue weighted by Gasteiger charge is 2.45. The zero-order valence-electron chi connectivity index (χ0n) is 20.4. The summed E-state index contributed by atoms with van der Waals surface area (Å²) < 4.78 is 20.4. The molecule has 4 nitrogen and oxygen atoms in total. The normalized spacial score (nSPS) is 36.9. The number of hydrogen-bond donors (Lipinski definition) is 3. The third kappa shape index (κ3) is 4.90. The smallest absolute Gasteiger partial charge is 0.0811 e. The minimum absolute atomic E-state index is 0.0690. The van der Waals surface area contributed by atoms with Gasteiger partial charge in [0.1, 0.15) is 0 Å². The molecule has 0 amide bonds. The van der Waals surface area contributed by atoms with E-state index in [4.69, 9.17) is 4.78 Å². The van der Waals surface area contributed by atoms with Crippen LogP contribution in [0.25, 0.3) is 0 Å². The molecule has 3 aliphatic carbocycles. The average Bonchev–Trinajstić information content (AvgIpc) is 3.04. The van der Waals surface area contributed by atoms with E-state index in [9.17, 15) is 14.4 Å². The van der Waals surface area contributed by atoms with Gasteiger partial charge in [-0.25, -0.2) is 8.99 Å². The van der Waals surface area contributed by atoms with Gasteiger partial charge in [-0.3, -0.25) is 0 Å². The van der Waals surface area contributed by atoms with Crippen LogP contribution in [0.5, 0.6) is 0 Å². The summed E-state index contributed by atoms with van der Waals surface area (Å²) in [4.78, 5) is 0. The average molecular weight is 460 g/mol. The molecule has 0 aromatic heterocycles. The molecule has 2 saturated carbocycles. The van der Waals surface area contributed by atoms with Crippen LogP contribution in [0.15, 0.2) is 58.6 Å². The van der Waals surface area contributed by atoms with E-state index < -0.39 is 26.7 Å². The van der Waals surface area contributed by atoms with Crippen LogP contribution in [-0.4, -0.2) is 31.4 Å². The molecular formula is C27H41NO3S. The summed E-state index contributed by atoms with van der Waals surface area (Å²) in [6.45, 7) is 14.1. The Labute approximate surface area is 194 Å². The molecule has 1 unspecified atom stereocenters. The molecule has 2 fully saturated rings. The van der Waals surface area contributed by atoms with Crippen molar-refractivity contribution < 1.29 is 14.4 Å². The van der Waals surface area contributed by atoms with Gasteiger partial charge in [0.15, 0.2) is 0 Å². The molecule has 178 valence electrons. The first kappa shape index (κ1) is 25.2. The Balaban J connectivity index is 1.81. The van der Waals surface area contributed by atoms with E-state index in [1.54, 1.807) is 5.41 Å². The maximum atomic E-state index is 12.8. The fourth-order valence-corrected chi connectivity index (χ4v) is 6.42. The van der Waals surface area contributed by atoms with Crippen molar-refractivity contribution in [3.05, 3.63) is 58.6 Å². The summed E-state index contributed by atoms with van der Waals surface area (Å²) in [6, 6.07) is 0.